The second kappa shape index (κ2) is 5.34. The number of rotatable bonds is 3. The Kier molecular flexibility index (Phi) is 3.41. The summed E-state index contributed by atoms with van der Waals surface area (Å²) >= 11 is 0. The second-order valence-corrected chi connectivity index (χ2v) is 6.51. The molecule has 23 heavy (non-hydrogen) atoms. The van der Waals surface area contributed by atoms with Gasteiger partial charge in [-0.1, -0.05) is 30.3 Å². The van der Waals surface area contributed by atoms with Crippen molar-refractivity contribution < 1.29 is 14.2 Å². The highest BCUT2D eigenvalue weighted by Gasteiger charge is 2.54. The van der Waals surface area contributed by atoms with Crippen molar-refractivity contribution in [2.75, 3.05) is 38.8 Å². The minimum absolute atomic E-state index is 0.202. The van der Waals surface area contributed by atoms with Crippen LogP contribution in [0.1, 0.15) is 11.1 Å². The first-order chi connectivity index (χ1) is 11.1. The lowest BCUT2D eigenvalue weighted by atomic mass is 9.81. The Balaban J connectivity index is 1.58. The summed E-state index contributed by atoms with van der Waals surface area (Å²) in [7, 11) is 4.04. The first-order valence-corrected chi connectivity index (χ1v) is 7.89. The molecule has 0 saturated carbocycles. The molecule has 3 fully saturated rings. The van der Waals surface area contributed by atoms with Crippen molar-refractivity contribution in [3.8, 4) is 0 Å². The monoisotopic (exact) mass is 311 g/mol. The first-order valence-electron chi connectivity index (χ1n) is 7.89. The highest BCUT2D eigenvalue weighted by atomic mass is 16.9. The normalized spacial score (nSPS) is 29.5. The summed E-state index contributed by atoms with van der Waals surface area (Å²) in [6.07, 6.45) is 0. The van der Waals surface area contributed by atoms with Gasteiger partial charge in [0, 0.05) is 25.3 Å². The van der Waals surface area contributed by atoms with E-state index in [0.717, 1.165) is 11.3 Å². The van der Waals surface area contributed by atoms with Crippen molar-refractivity contribution in [3.63, 3.8) is 0 Å². The highest BCUT2D eigenvalue weighted by molar-refractivity contribution is 5.46. The largest absolute Gasteiger partial charge is 0.378 e. The van der Waals surface area contributed by atoms with Gasteiger partial charge in [-0.2, -0.15) is 0 Å². The van der Waals surface area contributed by atoms with Crippen LogP contribution in [0.5, 0.6) is 0 Å². The van der Waals surface area contributed by atoms with E-state index >= 15 is 0 Å². The van der Waals surface area contributed by atoms with Crippen LogP contribution in [0.15, 0.2) is 54.6 Å². The van der Waals surface area contributed by atoms with E-state index < -0.39 is 5.97 Å². The Labute approximate surface area is 136 Å². The van der Waals surface area contributed by atoms with Gasteiger partial charge in [-0.05, 0) is 29.8 Å². The zero-order valence-electron chi connectivity index (χ0n) is 13.5. The van der Waals surface area contributed by atoms with Crippen molar-refractivity contribution in [1.82, 2.24) is 0 Å². The average Bonchev–Trinajstić information content (AvgIpc) is 2.64. The Bertz CT molecular complexity index is 657. The second-order valence-electron chi connectivity index (χ2n) is 6.51. The van der Waals surface area contributed by atoms with E-state index in [1.807, 2.05) is 56.6 Å². The first kappa shape index (κ1) is 14.7. The molecule has 0 atom stereocenters. The van der Waals surface area contributed by atoms with Crippen LogP contribution < -0.4 is 4.90 Å². The Morgan fingerprint density at radius 3 is 1.83 bits per heavy atom. The highest BCUT2D eigenvalue weighted by Crippen LogP contribution is 2.45. The van der Waals surface area contributed by atoms with Crippen molar-refractivity contribution in [3.05, 3.63) is 65.7 Å². The molecule has 120 valence electrons. The van der Waals surface area contributed by atoms with Crippen LogP contribution in [0.25, 0.3) is 0 Å². The molecule has 0 spiro atoms. The van der Waals surface area contributed by atoms with Crippen molar-refractivity contribution >= 4 is 5.69 Å². The summed E-state index contributed by atoms with van der Waals surface area (Å²) in [6.45, 7) is 1.81. The lowest BCUT2D eigenvalue weighted by Gasteiger charge is -2.52. The summed E-state index contributed by atoms with van der Waals surface area (Å²) < 4.78 is 18.2. The van der Waals surface area contributed by atoms with Crippen molar-refractivity contribution in [1.29, 1.82) is 0 Å². The van der Waals surface area contributed by atoms with Gasteiger partial charge in [-0.15, -0.1) is 0 Å². The molecule has 2 bridgehead atoms. The summed E-state index contributed by atoms with van der Waals surface area (Å²) in [6, 6.07) is 18.4. The standard InChI is InChI=1S/C19H21NO3/c1-20(2)17-10-8-16(9-11-17)19-21-12-18(13-22-19,14-23-19)15-6-4-3-5-7-15/h3-11H,12-14H2,1-2H3. The SMILES string of the molecule is CN(C)c1ccc(C23OCC(c4ccccc4)(CO2)CO3)cc1. The molecule has 0 amide bonds. The smallest absolute Gasteiger partial charge is 0.312 e. The van der Waals surface area contributed by atoms with Gasteiger partial charge in [0.1, 0.15) is 0 Å². The van der Waals surface area contributed by atoms with Gasteiger partial charge < -0.3 is 19.1 Å². The van der Waals surface area contributed by atoms with Crippen LogP contribution in [0.2, 0.25) is 0 Å². The number of hydrogen-bond acceptors (Lipinski definition) is 4. The average molecular weight is 311 g/mol. The van der Waals surface area contributed by atoms with Crippen LogP contribution in [-0.2, 0) is 25.6 Å². The third-order valence-electron chi connectivity index (χ3n) is 4.74. The maximum absolute atomic E-state index is 6.05. The van der Waals surface area contributed by atoms with Gasteiger partial charge in [0.25, 0.3) is 0 Å². The molecule has 3 saturated heterocycles. The van der Waals surface area contributed by atoms with Crippen LogP contribution in [-0.4, -0.2) is 33.9 Å². The van der Waals surface area contributed by atoms with Crippen molar-refractivity contribution in [2.24, 2.45) is 0 Å². The van der Waals surface area contributed by atoms with Gasteiger partial charge in [0.15, 0.2) is 0 Å². The van der Waals surface area contributed by atoms with Crippen molar-refractivity contribution in [2.45, 2.75) is 11.4 Å². The van der Waals surface area contributed by atoms with E-state index in [2.05, 4.69) is 17.0 Å². The van der Waals surface area contributed by atoms with E-state index in [-0.39, 0.29) is 5.41 Å². The Hall–Kier alpha value is -1.88. The third kappa shape index (κ3) is 2.34. The lowest BCUT2D eigenvalue weighted by Crippen LogP contribution is -2.60. The van der Waals surface area contributed by atoms with E-state index in [0.29, 0.717) is 19.8 Å². The molecule has 0 unspecified atom stereocenters. The predicted octanol–water partition coefficient (Wildman–Crippen LogP) is 2.88. The van der Waals surface area contributed by atoms with E-state index in [4.69, 9.17) is 14.2 Å². The van der Waals surface area contributed by atoms with Gasteiger partial charge in [-0.3, -0.25) is 0 Å². The number of fused-ring (bicyclic) bond motifs is 3. The van der Waals surface area contributed by atoms with Gasteiger partial charge in [0.05, 0.1) is 25.2 Å². The summed E-state index contributed by atoms with van der Waals surface area (Å²) in [5.41, 5.74) is 3.04. The molecule has 0 aliphatic carbocycles. The molecular formula is C19H21NO3. The topological polar surface area (TPSA) is 30.9 Å². The molecule has 0 radical (unpaired) electrons. The summed E-state index contributed by atoms with van der Waals surface area (Å²) in [5, 5.41) is 0. The molecule has 5 rings (SSSR count). The number of ether oxygens (including phenoxy) is 3. The van der Waals surface area contributed by atoms with Gasteiger partial charge in [0.2, 0.25) is 0 Å². The molecular weight excluding hydrogens is 290 g/mol. The minimum Gasteiger partial charge on any atom is -0.378 e. The molecule has 4 nitrogen and oxygen atoms in total. The summed E-state index contributed by atoms with van der Waals surface area (Å²) in [5.74, 6) is -1.05. The fourth-order valence-electron chi connectivity index (χ4n) is 3.20. The maximum atomic E-state index is 6.05. The number of benzene rings is 2. The maximum Gasteiger partial charge on any atom is 0.312 e. The molecule has 2 aromatic rings. The fourth-order valence-corrected chi connectivity index (χ4v) is 3.20. The quantitative estimate of drug-likeness (QED) is 0.872. The fraction of sp³-hybridized carbons (Fsp3) is 0.368. The molecule has 3 aliphatic rings. The minimum atomic E-state index is -1.05. The molecule has 3 aliphatic heterocycles. The zero-order valence-corrected chi connectivity index (χ0v) is 13.5. The summed E-state index contributed by atoms with van der Waals surface area (Å²) in [4.78, 5) is 2.06. The number of nitrogens with zero attached hydrogens (tertiary/aromatic N) is 1. The Morgan fingerprint density at radius 1 is 0.739 bits per heavy atom. The van der Waals surface area contributed by atoms with Crippen LogP contribution in [0, 0.1) is 0 Å². The molecule has 2 aromatic carbocycles. The molecule has 0 aromatic heterocycles. The molecule has 0 N–H and O–H groups in total. The van der Waals surface area contributed by atoms with E-state index in [9.17, 15) is 0 Å². The van der Waals surface area contributed by atoms with Gasteiger partial charge >= 0.3 is 5.97 Å². The molecule has 3 heterocycles. The third-order valence-corrected chi connectivity index (χ3v) is 4.74. The van der Waals surface area contributed by atoms with E-state index in [1.165, 1.54) is 5.56 Å². The van der Waals surface area contributed by atoms with Crippen LogP contribution in [0.4, 0.5) is 5.69 Å². The number of hydrogen-bond donors (Lipinski definition) is 0. The van der Waals surface area contributed by atoms with E-state index in [1.54, 1.807) is 0 Å². The Morgan fingerprint density at radius 2 is 1.30 bits per heavy atom. The zero-order chi connectivity index (χ0) is 15.9. The molecule has 4 heteroatoms. The van der Waals surface area contributed by atoms with Crippen LogP contribution >= 0.6 is 0 Å². The number of anilines is 1. The van der Waals surface area contributed by atoms with Crippen LogP contribution in [0.3, 0.4) is 0 Å². The predicted molar refractivity (Wildman–Crippen MR) is 88.4 cm³/mol. The lowest BCUT2D eigenvalue weighted by molar-refractivity contribution is -0.466. The van der Waals surface area contributed by atoms with Gasteiger partial charge in [-0.25, -0.2) is 0 Å².